The highest BCUT2D eigenvalue weighted by molar-refractivity contribution is 7.37. The molecular weight excluding hydrogens is 674 g/mol. The van der Waals surface area contributed by atoms with Crippen molar-refractivity contribution in [1.82, 2.24) is 10.1 Å². The number of amidine groups is 2. The van der Waals surface area contributed by atoms with Gasteiger partial charge < -0.3 is 13.5 Å². The highest BCUT2D eigenvalue weighted by Gasteiger charge is 2.18. The predicted octanol–water partition coefficient (Wildman–Crippen LogP) is 4.54. The lowest BCUT2D eigenvalue weighted by molar-refractivity contribution is -0.0121. The van der Waals surface area contributed by atoms with Crippen LogP contribution in [0.1, 0.15) is 11.1 Å². The van der Waals surface area contributed by atoms with E-state index in [1.54, 1.807) is 26.2 Å². The van der Waals surface area contributed by atoms with Gasteiger partial charge in [0.2, 0.25) is 0 Å². The largest absolute Gasteiger partial charge is 2.00 e. The average molecular weight is 705 g/mol. The van der Waals surface area contributed by atoms with Crippen molar-refractivity contribution in [3.63, 3.8) is 0 Å². The van der Waals surface area contributed by atoms with Crippen LogP contribution in [0.25, 0.3) is 11.4 Å². The summed E-state index contributed by atoms with van der Waals surface area (Å²) in [6.45, 7) is 0.458. The lowest BCUT2D eigenvalue weighted by Crippen LogP contribution is -2.31. The fourth-order valence-electron chi connectivity index (χ4n) is 4.69. The first-order chi connectivity index (χ1) is 20.4. The van der Waals surface area contributed by atoms with Crippen LogP contribution in [0.5, 0.6) is 0 Å². The van der Waals surface area contributed by atoms with Gasteiger partial charge in [0.25, 0.3) is 0 Å². The molecule has 8 nitrogen and oxygen atoms in total. The van der Waals surface area contributed by atoms with Crippen LogP contribution in [0.2, 0.25) is 10.0 Å². The third kappa shape index (κ3) is 8.86. The van der Waals surface area contributed by atoms with E-state index in [2.05, 4.69) is 20.0 Å². The van der Waals surface area contributed by atoms with Gasteiger partial charge in [-0.1, -0.05) is 83.9 Å². The summed E-state index contributed by atoms with van der Waals surface area (Å²) in [5.74, 6) is 1.12. The second kappa shape index (κ2) is 17.3. The van der Waals surface area contributed by atoms with Crippen molar-refractivity contribution in [2.24, 2.45) is 20.0 Å². The van der Waals surface area contributed by atoms with Crippen molar-refractivity contribution in [3.05, 3.63) is 139 Å². The van der Waals surface area contributed by atoms with E-state index in [1.165, 1.54) is 10.1 Å². The first-order valence-corrected chi connectivity index (χ1v) is 13.9. The van der Waals surface area contributed by atoms with Crippen molar-refractivity contribution < 1.29 is 10.4 Å². The molecule has 2 heterocycles. The van der Waals surface area contributed by atoms with Gasteiger partial charge in [0.1, 0.15) is 24.8 Å². The van der Waals surface area contributed by atoms with Crippen molar-refractivity contribution in [2.75, 3.05) is 27.2 Å². The molecule has 0 radical (unpaired) electrons. The number of rotatable bonds is 2. The smallest absolute Gasteiger partial charge is 0.145 e. The molecule has 2 aliphatic heterocycles. The zero-order valence-corrected chi connectivity index (χ0v) is 28.2. The topological polar surface area (TPSA) is 96.4 Å². The zero-order chi connectivity index (χ0) is 29.6. The van der Waals surface area contributed by atoms with E-state index in [4.69, 9.17) is 23.2 Å². The first kappa shape index (κ1) is 37.8. The molecule has 0 saturated heterocycles. The molecule has 0 fully saturated rings. The van der Waals surface area contributed by atoms with Gasteiger partial charge in [-0.15, -0.1) is 24.8 Å². The maximum Gasteiger partial charge on any atom is 0.145 e. The Morgan fingerprint density at radius 2 is 0.956 bits per heavy atom. The highest BCUT2D eigenvalue weighted by atomic mass is 35.5. The van der Waals surface area contributed by atoms with E-state index < -0.39 is 0 Å². The van der Waals surface area contributed by atoms with E-state index >= 15 is 0 Å². The Bertz CT molecular complexity index is 1790. The minimum absolute atomic E-state index is 0. The Kier molecular flexibility index (Phi) is 14.5. The summed E-state index contributed by atoms with van der Waals surface area (Å²) in [4.78, 5) is 17.2. The molecule has 45 heavy (non-hydrogen) atoms. The van der Waals surface area contributed by atoms with Crippen LogP contribution in [0.3, 0.4) is 0 Å². The summed E-state index contributed by atoms with van der Waals surface area (Å²) in [5.41, 5.74) is 3.15. The molecule has 4 aromatic carbocycles. The van der Waals surface area contributed by atoms with E-state index in [-0.39, 0.29) is 51.4 Å². The zero-order valence-electron chi connectivity index (χ0n) is 24.2. The Labute approximate surface area is 290 Å². The molecule has 13 heteroatoms. The lowest BCUT2D eigenvalue weighted by atomic mass is 10.1. The van der Waals surface area contributed by atoms with E-state index in [0.29, 0.717) is 33.1 Å². The Morgan fingerprint density at radius 1 is 0.600 bits per heavy atom. The van der Waals surface area contributed by atoms with Gasteiger partial charge >= 0.3 is 0 Å². The lowest BCUT2D eigenvalue weighted by Gasteiger charge is -2.19. The van der Waals surface area contributed by atoms with Gasteiger partial charge in [0.05, 0.1) is 22.1 Å². The number of benzene rings is 4. The highest BCUT2D eigenvalue weighted by Crippen LogP contribution is 2.17. The molecule has 0 saturated carbocycles. The third-order valence-electron chi connectivity index (χ3n) is 6.64. The summed E-state index contributed by atoms with van der Waals surface area (Å²) in [7, 11) is 3.32. The Balaban J connectivity index is 0.000000294. The van der Waals surface area contributed by atoms with Crippen LogP contribution in [0.15, 0.2) is 117 Å². The van der Waals surface area contributed by atoms with Crippen molar-refractivity contribution in [2.45, 2.75) is 0 Å². The van der Waals surface area contributed by atoms with Gasteiger partial charge in [0, 0.05) is 45.7 Å². The number of hydrogen-bond donors (Lipinski definition) is 2. The molecule has 2 N–H and O–H groups in total. The van der Waals surface area contributed by atoms with Crippen LogP contribution in [-0.2, 0) is 13.5 Å². The summed E-state index contributed by atoms with van der Waals surface area (Å²) in [6.07, 6.45) is 0. The van der Waals surface area contributed by atoms with Crippen LogP contribution in [0.4, 0.5) is 0 Å². The second-order valence-electron chi connectivity index (χ2n) is 9.37. The third-order valence-corrected chi connectivity index (χ3v) is 7.11. The Hall–Kier alpha value is -3.41. The van der Waals surface area contributed by atoms with Crippen molar-refractivity contribution in [1.29, 1.82) is 0 Å². The van der Waals surface area contributed by atoms with Crippen LogP contribution in [-0.4, -0.2) is 59.4 Å². The molecule has 0 unspecified atom stereocenters. The normalized spacial score (nSPS) is 15.3. The fourth-order valence-corrected chi connectivity index (χ4v) is 5.03. The summed E-state index contributed by atoms with van der Waals surface area (Å²) in [5, 5.41) is 27.5. The summed E-state index contributed by atoms with van der Waals surface area (Å²) < 4.78 is 0. The molecule has 0 aliphatic carbocycles. The minimum atomic E-state index is 0. The molecule has 2 aliphatic rings. The quantitative estimate of drug-likeness (QED) is 0.321. The van der Waals surface area contributed by atoms with Crippen LogP contribution >= 0.6 is 48.0 Å². The van der Waals surface area contributed by atoms with Crippen LogP contribution in [0, 0.1) is 0 Å². The maximum atomic E-state index is 10.5. The molecule has 0 spiro atoms. The molecule has 6 rings (SSSR count). The molecule has 4 aromatic rings. The maximum absolute atomic E-state index is 10.5. The predicted molar refractivity (Wildman–Crippen MR) is 188 cm³/mol. The van der Waals surface area contributed by atoms with Gasteiger partial charge in [-0.2, -0.15) is 0 Å². The van der Waals surface area contributed by atoms with Crippen molar-refractivity contribution >= 4 is 84.6 Å². The van der Waals surface area contributed by atoms with Crippen molar-refractivity contribution in [3.8, 4) is 0 Å². The molecule has 236 valence electrons. The van der Waals surface area contributed by atoms with E-state index in [0.717, 1.165) is 32.3 Å². The molecule has 0 bridgehead atoms. The molecule has 0 atom stereocenters. The van der Waals surface area contributed by atoms with E-state index in [9.17, 15) is 10.4 Å². The van der Waals surface area contributed by atoms with E-state index in [1.807, 2.05) is 84.9 Å². The second-order valence-corrected chi connectivity index (χ2v) is 10.2. The number of aliphatic imine (C=N–C) groups is 2. The number of hydrogen-bond acceptors (Lipinski definition) is 6. The number of nitrogens with zero attached hydrogens (tertiary/aromatic N) is 6. The number of hydroxylamine groups is 4. The van der Waals surface area contributed by atoms with Gasteiger partial charge in [-0.3, -0.25) is 20.4 Å². The monoisotopic (exact) mass is 702 g/mol. The standard InChI is InChI=1S/2C16H14ClN3O.2ClH.S/c2*1-18-15-10-20(21)16(11-5-3-2-4-6-11)13-9-12(17)7-8-14(13)19-15;;;/h2*2-9,21H,10H2,1H3;2*1H;/q;;;;-2. The molecule has 0 aromatic heterocycles. The number of halogens is 4. The first-order valence-electron chi connectivity index (χ1n) is 13.1. The molecular formula is C32H30Cl4N6O2S-2. The minimum Gasteiger partial charge on any atom is -2.00 e. The summed E-state index contributed by atoms with van der Waals surface area (Å²) >= 11 is 12.2. The van der Waals surface area contributed by atoms with Crippen LogP contribution < -0.4 is 21.2 Å². The fraction of sp³-hybridized carbons (Fsp3) is 0.125. The Morgan fingerprint density at radius 3 is 1.29 bits per heavy atom. The molecule has 0 amide bonds. The number of fused-ring (bicyclic) bond motifs is 2. The summed E-state index contributed by atoms with van der Waals surface area (Å²) in [6, 6.07) is 30.2. The average Bonchev–Trinajstić information content (AvgIpc) is 3.23. The SMILES string of the molecule is CN=C1CN(O)C(c2ccccc2)=c2cc(Cl)ccc2=N1.CN=C1CN(O)C(c2ccccc2)=c2cc(Cl)ccc2=N1.Cl.Cl.[S-2]. The van der Waals surface area contributed by atoms with Gasteiger partial charge in [-0.05, 0) is 36.4 Å². The van der Waals surface area contributed by atoms with Gasteiger partial charge in [-0.25, -0.2) is 20.1 Å². The van der Waals surface area contributed by atoms with Gasteiger partial charge in [0.15, 0.2) is 0 Å².